The number of amides is 1. The first-order valence-corrected chi connectivity index (χ1v) is 6.46. The minimum Gasteiger partial charge on any atom is -0.376 e. The van der Waals surface area contributed by atoms with Crippen molar-refractivity contribution < 1.29 is 9.72 Å². The summed E-state index contributed by atoms with van der Waals surface area (Å²) in [5, 5.41) is 16.7. The van der Waals surface area contributed by atoms with Gasteiger partial charge < -0.3 is 10.6 Å². The quantitative estimate of drug-likeness (QED) is 0.655. The zero-order valence-corrected chi connectivity index (χ0v) is 11.6. The number of non-ortho nitro benzene ring substituents is 1. The van der Waals surface area contributed by atoms with Gasteiger partial charge in [0.05, 0.1) is 11.5 Å². The molecule has 0 aliphatic carbocycles. The molecule has 0 heterocycles. The molecule has 1 amide bonds. The topological polar surface area (TPSA) is 84.3 Å². The van der Waals surface area contributed by atoms with Crippen molar-refractivity contribution in [2.24, 2.45) is 0 Å². The monoisotopic (exact) mass is 305 g/mol. The van der Waals surface area contributed by atoms with Crippen molar-refractivity contribution in [3.63, 3.8) is 0 Å². The highest BCUT2D eigenvalue weighted by molar-refractivity contribution is 6.30. The number of halogens is 1. The number of nitrogens with zero attached hydrogens (tertiary/aromatic N) is 1. The summed E-state index contributed by atoms with van der Waals surface area (Å²) in [4.78, 5) is 21.9. The molecular weight excluding hydrogens is 294 g/mol. The molecule has 0 fully saturated rings. The molecule has 0 unspecified atom stereocenters. The number of benzene rings is 2. The van der Waals surface area contributed by atoms with Crippen molar-refractivity contribution in [1.29, 1.82) is 0 Å². The van der Waals surface area contributed by atoms with Crippen LogP contribution in [0.4, 0.5) is 17.1 Å². The fourth-order valence-electron chi connectivity index (χ4n) is 1.68. The highest BCUT2D eigenvalue weighted by Gasteiger charge is 2.08. The van der Waals surface area contributed by atoms with Gasteiger partial charge in [0, 0.05) is 28.5 Å². The zero-order valence-electron chi connectivity index (χ0n) is 10.9. The third-order valence-electron chi connectivity index (χ3n) is 2.62. The van der Waals surface area contributed by atoms with Crippen molar-refractivity contribution in [2.45, 2.75) is 0 Å². The smallest absolute Gasteiger partial charge is 0.271 e. The first kappa shape index (κ1) is 14.8. The van der Waals surface area contributed by atoms with Crippen molar-refractivity contribution in [2.75, 3.05) is 17.2 Å². The maximum atomic E-state index is 11.8. The molecule has 108 valence electrons. The Balaban J connectivity index is 1.93. The molecule has 0 aliphatic heterocycles. The molecule has 0 bridgehead atoms. The van der Waals surface area contributed by atoms with Crippen LogP contribution in [0.2, 0.25) is 5.02 Å². The standard InChI is InChI=1S/C14H12ClN3O3/c15-10-3-1-4-11(7-10)16-9-14(19)17-12-5-2-6-13(8-12)18(20)21/h1-8,16H,9H2,(H,17,19). The predicted octanol–water partition coefficient (Wildman–Crippen LogP) is 3.30. The number of carbonyl (C=O) groups excluding carboxylic acids is 1. The molecule has 0 radical (unpaired) electrons. The number of carbonyl (C=O) groups is 1. The molecule has 6 nitrogen and oxygen atoms in total. The van der Waals surface area contributed by atoms with Crippen LogP contribution in [0.1, 0.15) is 0 Å². The Morgan fingerprint density at radius 2 is 1.86 bits per heavy atom. The molecule has 21 heavy (non-hydrogen) atoms. The summed E-state index contributed by atoms with van der Waals surface area (Å²) < 4.78 is 0. The number of hydrogen-bond donors (Lipinski definition) is 2. The van der Waals surface area contributed by atoms with Crippen LogP contribution in [-0.4, -0.2) is 17.4 Å². The van der Waals surface area contributed by atoms with E-state index < -0.39 is 4.92 Å². The van der Waals surface area contributed by atoms with Gasteiger partial charge in [0.25, 0.3) is 5.69 Å². The van der Waals surface area contributed by atoms with Gasteiger partial charge in [-0.15, -0.1) is 0 Å². The minimum atomic E-state index is -0.514. The van der Waals surface area contributed by atoms with Crippen LogP contribution in [0.3, 0.4) is 0 Å². The Labute approximate surface area is 125 Å². The Bertz CT molecular complexity index is 676. The van der Waals surface area contributed by atoms with Crippen LogP contribution in [0.25, 0.3) is 0 Å². The van der Waals surface area contributed by atoms with Gasteiger partial charge in [-0.25, -0.2) is 0 Å². The largest absolute Gasteiger partial charge is 0.376 e. The molecule has 0 atom stereocenters. The zero-order chi connectivity index (χ0) is 15.2. The minimum absolute atomic E-state index is 0.0308. The van der Waals surface area contributed by atoms with E-state index in [0.29, 0.717) is 10.7 Å². The van der Waals surface area contributed by atoms with Gasteiger partial charge in [-0.3, -0.25) is 14.9 Å². The lowest BCUT2D eigenvalue weighted by atomic mass is 10.3. The van der Waals surface area contributed by atoms with E-state index in [-0.39, 0.29) is 18.1 Å². The van der Waals surface area contributed by atoms with Crippen LogP contribution in [0, 0.1) is 10.1 Å². The number of rotatable bonds is 5. The molecule has 0 saturated heterocycles. The number of nitro groups is 1. The van der Waals surface area contributed by atoms with E-state index in [1.807, 2.05) is 0 Å². The number of anilines is 2. The number of nitrogens with one attached hydrogen (secondary N) is 2. The van der Waals surface area contributed by atoms with Gasteiger partial charge >= 0.3 is 0 Å². The molecule has 0 spiro atoms. The Hall–Kier alpha value is -2.60. The molecule has 2 aromatic rings. The third kappa shape index (κ3) is 4.47. The average Bonchev–Trinajstić information content (AvgIpc) is 2.45. The third-order valence-corrected chi connectivity index (χ3v) is 2.85. The van der Waals surface area contributed by atoms with E-state index in [9.17, 15) is 14.9 Å². The van der Waals surface area contributed by atoms with E-state index >= 15 is 0 Å². The second-order valence-corrected chi connectivity index (χ2v) is 4.66. The predicted molar refractivity (Wildman–Crippen MR) is 81.7 cm³/mol. The lowest BCUT2D eigenvalue weighted by Crippen LogP contribution is -2.21. The van der Waals surface area contributed by atoms with Crippen molar-refractivity contribution in [3.05, 3.63) is 63.7 Å². The summed E-state index contributed by atoms with van der Waals surface area (Å²) in [6.07, 6.45) is 0. The number of hydrogen-bond acceptors (Lipinski definition) is 4. The average molecular weight is 306 g/mol. The molecule has 0 aliphatic rings. The van der Waals surface area contributed by atoms with Gasteiger partial charge in [0.1, 0.15) is 0 Å². The molecule has 2 aromatic carbocycles. The van der Waals surface area contributed by atoms with Gasteiger partial charge in [0.15, 0.2) is 0 Å². The fourth-order valence-corrected chi connectivity index (χ4v) is 1.87. The fraction of sp³-hybridized carbons (Fsp3) is 0.0714. The van der Waals surface area contributed by atoms with Gasteiger partial charge in [-0.2, -0.15) is 0 Å². The molecule has 7 heteroatoms. The first-order valence-electron chi connectivity index (χ1n) is 6.08. The summed E-state index contributed by atoms with van der Waals surface area (Å²) in [6.45, 7) is 0.0308. The second-order valence-electron chi connectivity index (χ2n) is 4.22. The highest BCUT2D eigenvalue weighted by Crippen LogP contribution is 2.17. The maximum absolute atomic E-state index is 11.8. The SMILES string of the molecule is O=C(CNc1cccc(Cl)c1)Nc1cccc([N+](=O)[O-])c1. The summed E-state index contributed by atoms with van der Waals surface area (Å²) >= 11 is 5.83. The van der Waals surface area contributed by atoms with E-state index in [1.165, 1.54) is 18.2 Å². The normalized spacial score (nSPS) is 9.95. The second kappa shape index (κ2) is 6.71. The van der Waals surface area contributed by atoms with Crippen LogP contribution in [-0.2, 0) is 4.79 Å². The van der Waals surface area contributed by atoms with Gasteiger partial charge in [-0.1, -0.05) is 23.7 Å². The van der Waals surface area contributed by atoms with Crippen molar-refractivity contribution in [1.82, 2.24) is 0 Å². The molecule has 2 N–H and O–H groups in total. The van der Waals surface area contributed by atoms with Crippen LogP contribution < -0.4 is 10.6 Å². The summed E-state index contributed by atoms with van der Waals surface area (Å²) in [5.74, 6) is -0.310. The lowest BCUT2D eigenvalue weighted by Gasteiger charge is -2.08. The van der Waals surface area contributed by atoms with Gasteiger partial charge in [0.2, 0.25) is 5.91 Å². The summed E-state index contributed by atoms with van der Waals surface area (Å²) in [5.41, 5.74) is 1.02. The Morgan fingerprint density at radius 3 is 2.57 bits per heavy atom. The number of nitro benzene ring substituents is 1. The van der Waals surface area contributed by atoms with E-state index in [0.717, 1.165) is 5.69 Å². The first-order chi connectivity index (χ1) is 10.0. The Kier molecular flexibility index (Phi) is 4.73. The van der Waals surface area contributed by atoms with E-state index in [1.54, 1.807) is 30.3 Å². The van der Waals surface area contributed by atoms with Gasteiger partial charge in [-0.05, 0) is 24.3 Å². The van der Waals surface area contributed by atoms with Crippen LogP contribution in [0.15, 0.2) is 48.5 Å². The van der Waals surface area contributed by atoms with E-state index in [4.69, 9.17) is 11.6 Å². The lowest BCUT2D eigenvalue weighted by molar-refractivity contribution is -0.384. The maximum Gasteiger partial charge on any atom is 0.271 e. The molecule has 0 saturated carbocycles. The molecule has 2 rings (SSSR count). The van der Waals surface area contributed by atoms with Crippen molar-refractivity contribution >= 4 is 34.6 Å². The van der Waals surface area contributed by atoms with Crippen LogP contribution in [0.5, 0.6) is 0 Å². The summed E-state index contributed by atoms with van der Waals surface area (Å²) in [6, 6.07) is 12.7. The molecular formula is C14H12ClN3O3. The van der Waals surface area contributed by atoms with E-state index in [2.05, 4.69) is 10.6 Å². The Morgan fingerprint density at radius 1 is 1.14 bits per heavy atom. The summed E-state index contributed by atoms with van der Waals surface area (Å²) in [7, 11) is 0. The highest BCUT2D eigenvalue weighted by atomic mass is 35.5. The van der Waals surface area contributed by atoms with Crippen molar-refractivity contribution in [3.8, 4) is 0 Å². The van der Waals surface area contributed by atoms with Crippen LogP contribution >= 0.6 is 11.6 Å². The molecule has 0 aromatic heterocycles.